The summed E-state index contributed by atoms with van der Waals surface area (Å²) < 4.78 is 13.0. The predicted molar refractivity (Wildman–Crippen MR) is 118 cm³/mol. The van der Waals surface area contributed by atoms with E-state index in [-0.39, 0.29) is 42.4 Å². The molecule has 4 rings (SSSR count). The van der Waals surface area contributed by atoms with E-state index in [9.17, 15) is 18.8 Å². The molecule has 1 N–H and O–H groups in total. The number of carbonyl (C=O) groups is 3. The van der Waals surface area contributed by atoms with Gasteiger partial charge in [-0.3, -0.25) is 19.3 Å². The molecular weight excluding hydrogens is 411 g/mol. The van der Waals surface area contributed by atoms with Crippen molar-refractivity contribution in [2.45, 2.75) is 13.0 Å². The third-order valence-corrected chi connectivity index (χ3v) is 5.96. The van der Waals surface area contributed by atoms with Gasteiger partial charge in [0.05, 0.1) is 12.5 Å². The van der Waals surface area contributed by atoms with E-state index in [1.165, 1.54) is 24.3 Å². The molecule has 2 saturated heterocycles. The molecule has 1 unspecified atom stereocenters. The second kappa shape index (κ2) is 9.91. The summed E-state index contributed by atoms with van der Waals surface area (Å²) in [5.74, 6) is -0.794. The lowest BCUT2D eigenvalue weighted by molar-refractivity contribution is -0.137. The maximum Gasteiger partial charge on any atom is 0.238 e. The summed E-state index contributed by atoms with van der Waals surface area (Å²) >= 11 is 0. The van der Waals surface area contributed by atoms with Gasteiger partial charge in [0.15, 0.2) is 0 Å². The fourth-order valence-corrected chi connectivity index (χ4v) is 4.22. The topological polar surface area (TPSA) is 73.0 Å². The number of benzene rings is 2. The summed E-state index contributed by atoms with van der Waals surface area (Å²) in [6.07, 6.45) is 0.256. The van der Waals surface area contributed by atoms with Crippen molar-refractivity contribution in [2.24, 2.45) is 5.92 Å². The van der Waals surface area contributed by atoms with Gasteiger partial charge in [-0.25, -0.2) is 4.39 Å². The van der Waals surface area contributed by atoms with E-state index in [0.29, 0.717) is 45.0 Å². The molecule has 2 heterocycles. The number of nitrogens with zero attached hydrogens (tertiary/aromatic N) is 3. The molecule has 0 radical (unpaired) electrons. The number of amides is 3. The van der Waals surface area contributed by atoms with Crippen LogP contribution in [0.25, 0.3) is 0 Å². The summed E-state index contributed by atoms with van der Waals surface area (Å²) in [5.41, 5.74) is 1.61. The Morgan fingerprint density at radius 3 is 2.34 bits per heavy atom. The number of halogens is 1. The van der Waals surface area contributed by atoms with Gasteiger partial charge in [-0.15, -0.1) is 0 Å². The average molecular weight is 439 g/mol. The smallest absolute Gasteiger partial charge is 0.238 e. The van der Waals surface area contributed by atoms with Gasteiger partial charge < -0.3 is 15.1 Å². The minimum atomic E-state index is -0.351. The number of hydrogen-bond donors (Lipinski definition) is 1. The van der Waals surface area contributed by atoms with Crippen molar-refractivity contribution in [1.82, 2.24) is 14.7 Å². The first-order chi connectivity index (χ1) is 15.5. The standard InChI is InChI=1S/C24H27FN4O3/c25-20-6-8-21(9-7-20)26-22(30)17-27-10-12-28(13-11-27)24(32)19-14-23(31)29(16-19)15-18-4-2-1-3-5-18/h1-9,19H,10-17H2,(H,26,30). The molecule has 2 aromatic rings. The third-order valence-electron chi connectivity index (χ3n) is 5.96. The quantitative estimate of drug-likeness (QED) is 0.749. The number of hydrogen-bond acceptors (Lipinski definition) is 4. The van der Waals surface area contributed by atoms with Gasteiger partial charge in [0.25, 0.3) is 0 Å². The summed E-state index contributed by atoms with van der Waals surface area (Å²) in [5, 5.41) is 2.75. The first-order valence-corrected chi connectivity index (χ1v) is 10.9. The second-order valence-electron chi connectivity index (χ2n) is 8.32. The fourth-order valence-electron chi connectivity index (χ4n) is 4.22. The van der Waals surface area contributed by atoms with E-state index < -0.39 is 0 Å². The lowest BCUT2D eigenvalue weighted by atomic mass is 10.1. The maximum atomic E-state index is 13.0. The van der Waals surface area contributed by atoms with Gasteiger partial charge in [-0.1, -0.05) is 30.3 Å². The fraction of sp³-hybridized carbons (Fsp3) is 0.375. The Balaban J connectivity index is 1.22. The van der Waals surface area contributed by atoms with Gasteiger partial charge in [0.2, 0.25) is 17.7 Å². The lowest BCUT2D eigenvalue weighted by Gasteiger charge is -2.35. The van der Waals surface area contributed by atoms with Crippen molar-refractivity contribution >= 4 is 23.4 Å². The molecule has 2 aliphatic rings. The molecule has 32 heavy (non-hydrogen) atoms. The lowest BCUT2D eigenvalue weighted by Crippen LogP contribution is -2.52. The van der Waals surface area contributed by atoms with Crippen molar-refractivity contribution in [3.63, 3.8) is 0 Å². The molecule has 168 valence electrons. The summed E-state index contributed by atoms with van der Waals surface area (Å²) in [6.45, 7) is 3.45. The zero-order chi connectivity index (χ0) is 22.5. The molecule has 7 nitrogen and oxygen atoms in total. The summed E-state index contributed by atoms with van der Waals surface area (Å²) in [4.78, 5) is 43.2. The van der Waals surface area contributed by atoms with Gasteiger partial charge in [0, 0.05) is 51.4 Å². The van der Waals surface area contributed by atoms with E-state index in [4.69, 9.17) is 0 Å². The maximum absolute atomic E-state index is 13.0. The molecule has 0 saturated carbocycles. The molecule has 0 aromatic heterocycles. The first-order valence-electron chi connectivity index (χ1n) is 10.9. The SMILES string of the molecule is O=C(CN1CCN(C(=O)C2CC(=O)N(Cc3ccccc3)C2)CC1)Nc1ccc(F)cc1. The van der Waals surface area contributed by atoms with Crippen molar-refractivity contribution in [2.75, 3.05) is 44.6 Å². The van der Waals surface area contributed by atoms with Crippen LogP contribution in [0.3, 0.4) is 0 Å². The molecule has 0 bridgehead atoms. The van der Waals surface area contributed by atoms with Gasteiger partial charge in [-0.05, 0) is 29.8 Å². The Kier molecular flexibility index (Phi) is 6.80. The predicted octanol–water partition coefficient (Wildman–Crippen LogP) is 1.96. The Morgan fingerprint density at radius 2 is 1.66 bits per heavy atom. The zero-order valence-electron chi connectivity index (χ0n) is 17.9. The van der Waals surface area contributed by atoms with E-state index in [1.54, 1.807) is 9.80 Å². The highest BCUT2D eigenvalue weighted by molar-refractivity contribution is 5.92. The highest BCUT2D eigenvalue weighted by Gasteiger charge is 2.37. The number of anilines is 1. The van der Waals surface area contributed by atoms with Crippen LogP contribution < -0.4 is 5.32 Å². The van der Waals surface area contributed by atoms with Crippen molar-refractivity contribution in [3.05, 3.63) is 66.0 Å². The van der Waals surface area contributed by atoms with Gasteiger partial charge >= 0.3 is 0 Å². The van der Waals surface area contributed by atoms with E-state index in [0.717, 1.165) is 5.56 Å². The van der Waals surface area contributed by atoms with E-state index in [2.05, 4.69) is 5.32 Å². The van der Waals surface area contributed by atoms with Crippen molar-refractivity contribution < 1.29 is 18.8 Å². The van der Waals surface area contributed by atoms with Crippen LogP contribution in [-0.2, 0) is 20.9 Å². The van der Waals surface area contributed by atoms with E-state index >= 15 is 0 Å². The van der Waals surface area contributed by atoms with Crippen LogP contribution in [0.5, 0.6) is 0 Å². The summed E-state index contributed by atoms with van der Waals surface area (Å²) in [7, 11) is 0. The number of nitrogens with one attached hydrogen (secondary N) is 1. The molecule has 2 fully saturated rings. The first kappa shape index (κ1) is 22.0. The molecule has 0 aliphatic carbocycles. The highest BCUT2D eigenvalue weighted by Crippen LogP contribution is 2.23. The van der Waals surface area contributed by atoms with Crippen LogP contribution in [0.1, 0.15) is 12.0 Å². The largest absolute Gasteiger partial charge is 0.340 e. The number of likely N-dealkylation sites (tertiary alicyclic amines) is 1. The Labute approximate surface area is 186 Å². The molecule has 2 aromatic carbocycles. The third kappa shape index (κ3) is 5.50. The van der Waals surface area contributed by atoms with Gasteiger partial charge in [0.1, 0.15) is 5.82 Å². The van der Waals surface area contributed by atoms with Crippen LogP contribution >= 0.6 is 0 Å². The monoisotopic (exact) mass is 438 g/mol. The minimum Gasteiger partial charge on any atom is -0.340 e. The molecular formula is C24H27FN4O3. The Morgan fingerprint density at radius 1 is 0.969 bits per heavy atom. The number of rotatable bonds is 6. The van der Waals surface area contributed by atoms with Crippen molar-refractivity contribution in [3.8, 4) is 0 Å². The summed E-state index contributed by atoms with van der Waals surface area (Å²) in [6, 6.07) is 15.4. The molecule has 3 amide bonds. The molecule has 2 aliphatic heterocycles. The number of carbonyl (C=O) groups excluding carboxylic acids is 3. The van der Waals surface area contributed by atoms with Crippen LogP contribution in [0.2, 0.25) is 0 Å². The van der Waals surface area contributed by atoms with Crippen LogP contribution in [0.4, 0.5) is 10.1 Å². The minimum absolute atomic E-state index is 0.0169. The van der Waals surface area contributed by atoms with E-state index in [1.807, 2.05) is 35.2 Å². The second-order valence-corrected chi connectivity index (χ2v) is 8.32. The molecule has 1 atom stereocenters. The van der Waals surface area contributed by atoms with Crippen molar-refractivity contribution in [1.29, 1.82) is 0 Å². The molecule has 8 heteroatoms. The van der Waals surface area contributed by atoms with Crippen LogP contribution in [0, 0.1) is 11.7 Å². The number of piperazine rings is 1. The zero-order valence-corrected chi connectivity index (χ0v) is 17.9. The van der Waals surface area contributed by atoms with Gasteiger partial charge in [-0.2, -0.15) is 0 Å². The Hall–Kier alpha value is -3.26. The molecule has 0 spiro atoms. The van der Waals surface area contributed by atoms with Crippen LogP contribution in [0.15, 0.2) is 54.6 Å². The highest BCUT2D eigenvalue weighted by atomic mass is 19.1. The normalized spacial score (nSPS) is 19.3. The average Bonchev–Trinajstić information content (AvgIpc) is 3.16. The van der Waals surface area contributed by atoms with Crippen LogP contribution in [-0.4, -0.2) is 71.7 Å². The Bertz CT molecular complexity index is 959.